The highest BCUT2D eigenvalue weighted by atomic mass is 16.5. The second-order valence-electron chi connectivity index (χ2n) is 6.87. The van der Waals surface area contributed by atoms with Gasteiger partial charge in [-0.2, -0.15) is 0 Å². The Morgan fingerprint density at radius 1 is 1.27 bits per heavy atom. The molecule has 0 bridgehead atoms. The van der Waals surface area contributed by atoms with Crippen LogP contribution in [0, 0.1) is 0 Å². The SMILES string of the molecule is COc1ccc(C2CC(=O)c3cnc(NCC4CCCO4)nc3C2)cc1. The van der Waals surface area contributed by atoms with Crippen molar-refractivity contribution in [1.29, 1.82) is 0 Å². The standard InChI is InChI=1S/C20H23N3O3/c1-25-15-6-4-13(5-7-15)14-9-18-17(19(24)10-14)12-22-20(23-18)21-11-16-3-2-8-26-16/h4-7,12,14,16H,2-3,8-11H2,1H3,(H,21,22,23). The minimum Gasteiger partial charge on any atom is -0.497 e. The maximum atomic E-state index is 12.5. The van der Waals surface area contributed by atoms with Gasteiger partial charge in [0.25, 0.3) is 0 Å². The van der Waals surface area contributed by atoms with Crippen molar-refractivity contribution >= 4 is 11.7 Å². The van der Waals surface area contributed by atoms with Gasteiger partial charge < -0.3 is 14.8 Å². The Morgan fingerprint density at radius 3 is 2.85 bits per heavy atom. The van der Waals surface area contributed by atoms with Crippen LogP contribution in [0.4, 0.5) is 5.95 Å². The Morgan fingerprint density at radius 2 is 2.12 bits per heavy atom. The number of anilines is 1. The lowest BCUT2D eigenvalue weighted by atomic mass is 9.82. The van der Waals surface area contributed by atoms with E-state index in [-0.39, 0.29) is 17.8 Å². The third-order valence-corrected chi connectivity index (χ3v) is 5.14. The fraction of sp³-hybridized carbons (Fsp3) is 0.450. The number of ketones is 1. The molecular weight excluding hydrogens is 330 g/mol. The zero-order valence-electron chi connectivity index (χ0n) is 14.9. The highest BCUT2D eigenvalue weighted by Crippen LogP contribution is 2.32. The first-order valence-electron chi connectivity index (χ1n) is 9.11. The van der Waals surface area contributed by atoms with E-state index in [1.54, 1.807) is 13.3 Å². The van der Waals surface area contributed by atoms with Gasteiger partial charge in [0.05, 0.1) is 24.5 Å². The molecule has 1 aliphatic carbocycles. The lowest BCUT2D eigenvalue weighted by Crippen LogP contribution is -2.23. The van der Waals surface area contributed by atoms with E-state index >= 15 is 0 Å². The van der Waals surface area contributed by atoms with E-state index in [1.807, 2.05) is 24.3 Å². The monoisotopic (exact) mass is 353 g/mol. The number of methoxy groups -OCH3 is 1. The van der Waals surface area contributed by atoms with Gasteiger partial charge in [0.15, 0.2) is 5.78 Å². The number of nitrogens with zero attached hydrogens (tertiary/aromatic N) is 2. The van der Waals surface area contributed by atoms with Crippen molar-refractivity contribution in [3.8, 4) is 5.75 Å². The molecular formula is C20H23N3O3. The van der Waals surface area contributed by atoms with Crippen LogP contribution in [0.15, 0.2) is 30.5 Å². The number of Topliss-reactive ketones (excluding diaryl/α,β-unsaturated/α-hetero) is 1. The Labute approximate surface area is 153 Å². The van der Waals surface area contributed by atoms with Crippen LogP contribution in [-0.2, 0) is 11.2 Å². The van der Waals surface area contributed by atoms with E-state index < -0.39 is 0 Å². The number of ether oxygens (including phenoxy) is 2. The Hall–Kier alpha value is -2.47. The molecule has 2 unspecified atom stereocenters. The van der Waals surface area contributed by atoms with Gasteiger partial charge in [-0.3, -0.25) is 4.79 Å². The minimum atomic E-state index is 0.109. The summed E-state index contributed by atoms with van der Waals surface area (Å²) < 4.78 is 10.8. The van der Waals surface area contributed by atoms with Crippen molar-refractivity contribution in [1.82, 2.24) is 9.97 Å². The molecule has 2 aromatic rings. The van der Waals surface area contributed by atoms with Crippen molar-refractivity contribution in [2.75, 3.05) is 25.6 Å². The molecule has 0 spiro atoms. The maximum Gasteiger partial charge on any atom is 0.222 e. The highest BCUT2D eigenvalue weighted by Gasteiger charge is 2.28. The van der Waals surface area contributed by atoms with Crippen molar-refractivity contribution < 1.29 is 14.3 Å². The number of hydrogen-bond acceptors (Lipinski definition) is 6. The summed E-state index contributed by atoms with van der Waals surface area (Å²) in [4.78, 5) is 21.4. The van der Waals surface area contributed by atoms with Gasteiger partial charge in [-0.1, -0.05) is 12.1 Å². The van der Waals surface area contributed by atoms with Gasteiger partial charge >= 0.3 is 0 Å². The van der Waals surface area contributed by atoms with Crippen molar-refractivity contribution in [2.45, 2.75) is 37.7 Å². The summed E-state index contributed by atoms with van der Waals surface area (Å²) in [6.45, 7) is 1.53. The molecule has 2 heterocycles. The van der Waals surface area contributed by atoms with Crippen LogP contribution in [0.25, 0.3) is 0 Å². The Kier molecular flexibility index (Phi) is 4.84. The van der Waals surface area contributed by atoms with Gasteiger partial charge in [-0.15, -0.1) is 0 Å². The first-order valence-corrected chi connectivity index (χ1v) is 9.11. The fourth-order valence-corrected chi connectivity index (χ4v) is 3.65. The van der Waals surface area contributed by atoms with Crippen molar-refractivity contribution in [3.63, 3.8) is 0 Å². The summed E-state index contributed by atoms with van der Waals surface area (Å²) in [5.74, 6) is 1.64. The normalized spacial score (nSPS) is 22.1. The van der Waals surface area contributed by atoms with E-state index in [4.69, 9.17) is 9.47 Å². The predicted molar refractivity (Wildman–Crippen MR) is 97.9 cm³/mol. The number of rotatable bonds is 5. The topological polar surface area (TPSA) is 73.3 Å². The quantitative estimate of drug-likeness (QED) is 0.891. The van der Waals surface area contributed by atoms with Crippen LogP contribution in [-0.4, -0.2) is 42.1 Å². The van der Waals surface area contributed by atoms with E-state index in [2.05, 4.69) is 15.3 Å². The third kappa shape index (κ3) is 3.55. The van der Waals surface area contributed by atoms with Gasteiger partial charge in [-0.05, 0) is 42.9 Å². The molecule has 26 heavy (non-hydrogen) atoms. The molecule has 136 valence electrons. The highest BCUT2D eigenvalue weighted by molar-refractivity contribution is 5.98. The van der Waals surface area contributed by atoms with E-state index in [1.165, 1.54) is 0 Å². The second kappa shape index (κ2) is 7.41. The molecule has 1 fully saturated rings. The molecule has 2 aliphatic rings. The average Bonchev–Trinajstić information content (AvgIpc) is 3.20. The van der Waals surface area contributed by atoms with E-state index in [0.717, 1.165) is 42.9 Å². The van der Waals surface area contributed by atoms with Gasteiger partial charge in [0.1, 0.15) is 5.75 Å². The third-order valence-electron chi connectivity index (χ3n) is 5.14. The number of hydrogen-bond donors (Lipinski definition) is 1. The molecule has 1 aromatic heterocycles. The minimum absolute atomic E-state index is 0.109. The summed E-state index contributed by atoms with van der Waals surface area (Å²) in [5.41, 5.74) is 2.61. The van der Waals surface area contributed by atoms with Gasteiger partial charge in [0.2, 0.25) is 5.95 Å². The molecule has 1 N–H and O–H groups in total. The van der Waals surface area contributed by atoms with E-state index in [9.17, 15) is 4.79 Å². The van der Waals surface area contributed by atoms with Crippen molar-refractivity contribution in [2.24, 2.45) is 0 Å². The molecule has 0 amide bonds. The molecule has 1 aliphatic heterocycles. The number of nitrogens with one attached hydrogen (secondary N) is 1. The van der Waals surface area contributed by atoms with Crippen LogP contribution in [0.1, 0.15) is 46.8 Å². The molecule has 2 atom stereocenters. The van der Waals surface area contributed by atoms with Gasteiger partial charge in [-0.25, -0.2) is 9.97 Å². The Balaban J connectivity index is 1.49. The molecule has 6 nitrogen and oxygen atoms in total. The van der Waals surface area contributed by atoms with Crippen LogP contribution < -0.4 is 10.1 Å². The maximum absolute atomic E-state index is 12.5. The fourth-order valence-electron chi connectivity index (χ4n) is 3.65. The molecule has 1 saturated heterocycles. The largest absolute Gasteiger partial charge is 0.497 e. The van der Waals surface area contributed by atoms with Crippen molar-refractivity contribution in [3.05, 3.63) is 47.3 Å². The average molecular weight is 353 g/mol. The summed E-state index contributed by atoms with van der Waals surface area (Å²) in [6, 6.07) is 7.92. The Bertz CT molecular complexity index is 785. The summed E-state index contributed by atoms with van der Waals surface area (Å²) in [7, 11) is 1.65. The lowest BCUT2D eigenvalue weighted by Gasteiger charge is -2.23. The smallest absolute Gasteiger partial charge is 0.222 e. The van der Waals surface area contributed by atoms with Crippen LogP contribution in [0.2, 0.25) is 0 Å². The number of carbonyl (C=O) groups is 1. The molecule has 0 saturated carbocycles. The predicted octanol–water partition coefficient (Wildman–Crippen LogP) is 2.99. The number of benzene rings is 1. The molecule has 4 rings (SSSR count). The zero-order chi connectivity index (χ0) is 17.9. The number of carbonyl (C=O) groups excluding carboxylic acids is 1. The zero-order valence-corrected chi connectivity index (χ0v) is 14.9. The van der Waals surface area contributed by atoms with Crippen LogP contribution in [0.3, 0.4) is 0 Å². The number of fused-ring (bicyclic) bond motifs is 1. The van der Waals surface area contributed by atoms with E-state index in [0.29, 0.717) is 24.5 Å². The van der Waals surface area contributed by atoms with Gasteiger partial charge in [0, 0.05) is 25.8 Å². The molecule has 1 aromatic carbocycles. The summed E-state index contributed by atoms with van der Waals surface area (Å²) in [5, 5.41) is 3.25. The van der Waals surface area contributed by atoms with Crippen LogP contribution in [0.5, 0.6) is 5.75 Å². The molecule has 6 heteroatoms. The first-order chi connectivity index (χ1) is 12.7. The number of aromatic nitrogens is 2. The lowest BCUT2D eigenvalue weighted by molar-refractivity contribution is 0.0962. The summed E-state index contributed by atoms with van der Waals surface area (Å²) in [6.07, 6.45) is 5.29. The second-order valence-corrected chi connectivity index (χ2v) is 6.87. The molecule has 0 radical (unpaired) electrons. The first kappa shape index (κ1) is 17.0. The summed E-state index contributed by atoms with van der Waals surface area (Å²) >= 11 is 0. The van der Waals surface area contributed by atoms with Crippen LogP contribution >= 0.6 is 0 Å².